The molecule has 0 N–H and O–H groups in total. The first-order chi connectivity index (χ1) is 13.7. The van der Waals surface area contributed by atoms with Crippen LogP contribution in [-0.4, -0.2) is 29.7 Å². The molecule has 0 unspecified atom stereocenters. The quantitative estimate of drug-likeness (QED) is 0.655. The lowest BCUT2D eigenvalue weighted by atomic mass is 9.82. The highest BCUT2D eigenvalue weighted by atomic mass is 15.3. The molecule has 3 aromatic heterocycles. The molecule has 1 aliphatic rings. The van der Waals surface area contributed by atoms with E-state index in [9.17, 15) is 0 Å². The molecule has 0 aliphatic heterocycles. The number of nitrogens with zero attached hydrogens (tertiary/aromatic N) is 7. The van der Waals surface area contributed by atoms with Gasteiger partial charge in [0.1, 0.15) is 17.6 Å². The Hall–Kier alpha value is -3.14. The third-order valence-electron chi connectivity index (χ3n) is 5.41. The monoisotopic (exact) mass is 373 g/mol. The molecule has 28 heavy (non-hydrogen) atoms. The third kappa shape index (κ3) is 3.63. The van der Waals surface area contributed by atoms with Crippen molar-refractivity contribution in [1.29, 1.82) is 5.26 Å². The number of rotatable bonds is 6. The van der Waals surface area contributed by atoms with Gasteiger partial charge in [-0.05, 0) is 31.2 Å². The third-order valence-corrected chi connectivity index (χ3v) is 5.41. The maximum absolute atomic E-state index is 8.88. The Morgan fingerprint density at radius 3 is 2.61 bits per heavy atom. The fraction of sp³-hybridized carbons (Fsp3) is 0.429. The number of aryl methyl sites for hydroxylation is 3. The smallest absolute Gasteiger partial charge is 0.232 e. The van der Waals surface area contributed by atoms with E-state index in [-0.39, 0.29) is 5.82 Å². The number of aromatic nitrogens is 6. The molecule has 142 valence electrons. The van der Waals surface area contributed by atoms with Crippen LogP contribution in [0.25, 0.3) is 16.9 Å². The van der Waals surface area contributed by atoms with Gasteiger partial charge in [0, 0.05) is 24.4 Å². The molecule has 7 heteroatoms. The van der Waals surface area contributed by atoms with Crippen molar-refractivity contribution in [2.45, 2.75) is 52.4 Å². The van der Waals surface area contributed by atoms with Crippen LogP contribution in [0, 0.1) is 24.2 Å². The van der Waals surface area contributed by atoms with Crippen LogP contribution in [0.5, 0.6) is 0 Å². The summed E-state index contributed by atoms with van der Waals surface area (Å²) in [6.45, 7) is 4.12. The first kappa shape index (κ1) is 18.2. The minimum atomic E-state index is 0.148. The molecule has 0 spiro atoms. The fourth-order valence-electron chi connectivity index (χ4n) is 3.48. The summed E-state index contributed by atoms with van der Waals surface area (Å²) in [4.78, 5) is 17.5. The van der Waals surface area contributed by atoms with Crippen molar-refractivity contribution < 1.29 is 0 Å². The van der Waals surface area contributed by atoms with Crippen LogP contribution in [0.1, 0.15) is 55.5 Å². The van der Waals surface area contributed by atoms with E-state index in [2.05, 4.69) is 21.9 Å². The Morgan fingerprint density at radius 2 is 1.96 bits per heavy atom. The second-order valence-electron chi connectivity index (χ2n) is 7.32. The van der Waals surface area contributed by atoms with Crippen molar-refractivity contribution >= 4 is 0 Å². The summed E-state index contributed by atoms with van der Waals surface area (Å²) in [5, 5.41) is 13.6. The predicted molar refractivity (Wildman–Crippen MR) is 105 cm³/mol. The molecule has 0 saturated heterocycles. The predicted octanol–water partition coefficient (Wildman–Crippen LogP) is 3.59. The van der Waals surface area contributed by atoms with Gasteiger partial charge in [-0.1, -0.05) is 26.2 Å². The highest BCUT2D eigenvalue weighted by molar-refractivity contribution is 5.65. The average molecular weight is 373 g/mol. The Labute approximate surface area is 164 Å². The Morgan fingerprint density at radius 1 is 1.18 bits per heavy atom. The van der Waals surface area contributed by atoms with Gasteiger partial charge >= 0.3 is 0 Å². The van der Waals surface area contributed by atoms with Gasteiger partial charge in [0.15, 0.2) is 0 Å². The maximum Gasteiger partial charge on any atom is 0.232 e. The van der Waals surface area contributed by atoms with E-state index in [0.717, 1.165) is 52.8 Å². The lowest BCUT2D eigenvalue weighted by molar-refractivity contribution is 0.294. The molecule has 3 aromatic rings. The zero-order chi connectivity index (χ0) is 19.5. The Kier molecular flexibility index (Phi) is 5.11. The maximum atomic E-state index is 8.88. The summed E-state index contributed by atoms with van der Waals surface area (Å²) in [6, 6.07) is 1.93. The zero-order valence-electron chi connectivity index (χ0n) is 16.3. The molecule has 1 aliphatic carbocycles. The zero-order valence-corrected chi connectivity index (χ0v) is 16.3. The van der Waals surface area contributed by atoms with Gasteiger partial charge in [0.25, 0.3) is 0 Å². The van der Waals surface area contributed by atoms with Crippen LogP contribution in [0.4, 0.5) is 0 Å². The van der Waals surface area contributed by atoms with Gasteiger partial charge in [-0.15, -0.1) is 0 Å². The number of nitriles is 1. The lowest BCUT2D eigenvalue weighted by Gasteiger charge is -2.24. The van der Waals surface area contributed by atoms with Crippen molar-refractivity contribution in [3.63, 3.8) is 0 Å². The summed E-state index contributed by atoms with van der Waals surface area (Å²) >= 11 is 0. The molecule has 4 rings (SSSR count). The highest BCUT2D eigenvalue weighted by Crippen LogP contribution is 2.31. The number of hydrogen-bond donors (Lipinski definition) is 0. The average Bonchev–Trinajstić information content (AvgIpc) is 3.12. The van der Waals surface area contributed by atoms with E-state index < -0.39 is 0 Å². The SMILES string of the molecule is CCc1nn(-c2cnc(C#N)nc2)cc1-c1nc(CCC2CCC2)ncc1C. The van der Waals surface area contributed by atoms with E-state index in [0.29, 0.717) is 0 Å². The first-order valence-electron chi connectivity index (χ1n) is 9.82. The molecular formula is C21H23N7. The van der Waals surface area contributed by atoms with Gasteiger partial charge in [0.2, 0.25) is 5.82 Å². The standard InChI is InChI=1S/C21H23N7/c1-3-18-17(13-28(27-18)16-11-24-20(9-22)25-12-16)21-14(2)10-23-19(26-21)8-7-15-5-4-6-15/h10-13,15H,3-8H2,1-2H3. The van der Waals surface area contributed by atoms with E-state index in [1.165, 1.54) is 25.7 Å². The van der Waals surface area contributed by atoms with Crippen molar-refractivity contribution in [2.24, 2.45) is 5.92 Å². The summed E-state index contributed by atoms with van der Waals surface area (Å²) in [6.07, 6.45) is 14.0. The number of hydrogen-bond acceptors (Lipinski definition) is 6. The van der Waals surface area contributed by atoms with Crippen LogP contribution >= 0.6 is 0 Å². The van der Waals surface area contributed by atoms with Crippen LogP contribution in [-0.2, 0) is 12.8 Å². The molecular weight excluding hydrogens is 350 g/mol. The second kappa shape index (κ2) is 7.85. The lowest BCUT2D eigenvalue weighted by Crippen LogP contribution is -2.12. The molecule has 0 atom stereocenters. The van der Waals surface area contributed by atoms with Crippen molar-refractivity contribution in [2.75, 3.05) is 0 Å². The molecule has 7 nitrogen and oxygen atoms in total. The van der Waals surface area contributed by atoms with Gasteiger partial charge < -0.3 is 0 Å². The highest BCUT2D eigenvalue weighted by Gasteiger charge is 2.19. The first-order valence-corrected chi connectivity index (χ1v) is 9.82. The van der Waals surface area contributed by atoms with Crippen molar-refractivity contribution in [1.82, 2.24) is 29.7 Å². The van der Waals surface area contributed by atoms with Gasteiger partial charge in [0.05, 0.1) is 23.8 Å². The molecule has 0 amide bonds. The summed E-state index contributed by atoms with van der Waals surface area (Å²) in [7, 11) is 0. The Balaban J connectivity index is 1.65. The largest absolute Gasteiger partial charge is 0.241 e. The van der Waals surface area contributed by atoms with Crippen LogP contribution in [0.15, 0.2) is 24.8 Å². The van der Waals surface area contributed by atoms with E-state index in [4.69, 9.17) is 15.3 Å². The van der Waals surface area contributed by atoms with Crippen LogP contribution in [0.2, 0.25) is 0 Å². The summed E-state index contributed by atoms with van der Waals surface area (Å²) in [5.74, 6) is 1.90. The molecule has 1 saturated carbocycles. The molecule has 0 radical (unpaired) electrons. The second-order valence-corrected chi connectivity index (χ2v) is 7.32. The minimum absolute atomic E-state index is 0.148. The van der Waals surface area contributed by atoms with E-state index in [1.54, 1.807) is 17.1 Å². The minimum Gasteiger partial charge on any atom is -0.241 e. The van der Waals surface area contributed by atoms with Crippen molar-refractivity contribution in [3.05, 3.63) is 47.7 Å². The topological polar surface area (TPSA) is 93.2 Å². The van der Waals surface area contributed by atoms with E-state index in [1.807, 2.05) is 25.4 Å². The van der Waals surface area contributed by atoms with E-state index >= 15 is 0 Å². The normalized spacial score (nSPS) is 13.9. The molecule has 3 heterocycles. The molecule has 0 aromatic carbocycles. The van der Waals surface area contributed by atoms with Gasteiger partial charge in [-0.25, -0.2) is 24.6 Å². The molecule has 1 fully saturated rings. The van der Waals surface area contributed by atoms with Crippen LogP contribution < -0.4 is 0 Å². The van der Waals surface area contributed by atoms with Crippen molar-refractivity contribution in [3.8, 4) is 23.0 Å². The summed E-state index contributed by atoms with van der Waals surface area (Å²) in [5.41, 5.74) is 4.68. The Bertz CT molecular complexity index is 1010. The van der Waals surface area contributed by atoms with Crippen LogP contribution in [0.3, 0.4) is 0 Å². The van der Waals surface area contributed by atoms with Gasteiger partial charge in [-0.2, -0.15) is 10.4 Å². The molecule has 0 bridgehead atoms. The summed E-state index contributed by atoms with van der Waals surface area (Å²) < 4.78 is 1.75. The fourth-order valence-corrected chi connectivity index (χ4v) is 3.48. The van der Waals surface area contributed by atoms with Gasteiger partial charge in [-0.3, -0.25) is 0 Å².